The number of nitrogens with zero attached hydrogens (tertiary/aromatic N) is 2. The van der Waals surface area contributed by atoms with E-state index in [1.54, 1.807) is 72.2 Å². The number of amides is 1. The number of carbonyl (C=O) groups excluding carboxylic acids is 2. The molecule has 0 saturated heterocycles. The topological polar surface area (TPSA) is 73.2 Å². The van der Waals surface area contributed by atoms with Gasteiger partial charge < -0.3 is 10.1 Å². The highest BCUT2D eigenvalue weighted by molar-refractivity contribution is 7.99. The van der Waals surface area contributed by atoms with Crippen LogP contribution in [0, 0.1) is 12.7 Å². The Hall–Kier alpha value is -3.62. The van der Waals surface area contributed by atoms with Gasteiger partial charge in [0.05, 0.1) is 11.4 Å². The number of aryl methyl sites for hydroxylation is 1. The number of benzene rings is 3. The summed E-state index contributed by atoms with van der Waals surface area (Å²) in [7, 11) is 0. The first kappa shape index (κ1) is 25.5. The molecule has 0 unspecified atom stereocenters. The molecular formula is C27H23ClFN3O3S. The molecule has 9 heteroatoms. The van der Waals surface area contributed by atoms with E-state index < -0.39 is 0 Å². The zero-order chi connectivity index (χ0) is 25.7. The van der Waals surface area contributed by atoms with Crippen LogP contribution in [0.4, 0.5) is 10.1 Å². The monoisotopic (exact) mass is 523 g/mol. The molecule has 0 aliphatic rings. The summed E-state index contributed by atoms with van der Waals surface area (Å²) in [5.74, 6) is 0.106. The molecule has 0 atom stereocenters. The third-order valence-electron chi connectivity index (χ3n) is 5.23. The predicted octanol–water partition coefficient (Wildman–Crippen LogP) is 6.49. The van der Waals surface area contributed by atoms with Crippen molar-refractivity contribution >= 4 is 40.7 Å². The lowest BCUT2D eigenvalue weighted by Crippen LogP contribution is -2.15. The number of hydrogen-bond donors (Lipinski definition) is 1. The quantitative estimate of drug-likeness (QED) is 0.201. The summed E-state index contributed by atoms with van der Waals surface area (Å²) in [4.78, 5) is 29.4. The smallest absolute Gasteiger partial charge is 0.234 e. The molecular weight excluding hydrogens is 501 g/mol. The van der Waals surface area contributed by atoms with Crippen molar-refractivity contribution in [3.05, 3.63) is 101 Å². The Morgan fingerprint density at radius 1 is 1.03 bits per heavy atom. The van der Waals surface area contributed by atoms with E-state index in [1.165, 1.54) is 30.8 Å². The predicted molar refractivity (Wildman–Crippen MR) is 140 cm³/mol. The number of anilines is 1. The number of Topliss-reactive ketones (excluding diaryl/α,β-unsaturated/α-hetero) is 1. The number of aromatic nitrogens is 2. The molecule has 1 aromatic heterocycles. The fourth-order valence-electron chi connectivity index (χ4n) is 3.55. The van der Waals surface area contributed by atoms with Crippen LogP contribution < -0.4 is 10.1 Å². The van der Waals surface area contributed by atoms with Crippen molar-refractivity contribution in [2.75, 3.05) is 11.1 Å². The lowest BCUT2D eigenvalue weighted by atomic mass is 10.2. The number of imidazole rings is 1. The molecule has 0 radical (unpaired) electrons. The van der Waals surface area contributed by atoms with Crippen LogP contribution in [0.2, 0.25) is 5.02 Å². The van der Waals surface area contributed by atoms with Gasteiger partial charge in [0.1, 0.15) is 23.9 Å². The fraction of sp³-hybridized carbons (Fsp3) is 0.148. The maximum Gasteiger partial charge on any atom is 0.234 e. The summed E-state index contributed by atoms with van der Waals surface area (Å²) in [6, 6.07) is 20.2. The largest absolute Gasteiger partial charge is 0.489 e. The van der Waals surface area contributed by atoms with Gasteiger partial charge >= 0.3 is 0 Å². The Morgan fingerprint density at radius 2 is 1.69 bits per heavy atom. The van der Waals surface area contributed by atoms with E-state index in [-0.39, 0.29) is 23.3 Å². The van der Waals surface area contributed by atoms with Crippen molar-refractivity contribution in [3.63, 3.8) is 0 Å². The number of rotatable bonds is 9. The number of nitrogens with one attached hydrogen (secondary N) is 1. The van der Waals surface area contributed by atoms with Crippen molar-refractivity contribution in [1.82, 2.24) is 9.55 Å². The molecule has 6 nitrogen and oxygen atoms in total. The minimum absolute atomic E-state index is 0.101. The summed E-state index contributed by atoms with van der Waals surface area (Å²) in [5.41, 5.74) is 3.28. The molecule has 0 saturated carbocycles. The van der Waals surface area contributed by atoms with E-state index in [2.05, 4.69) is 10.3 Å². The van der Waals surface area contributed by atoms with Crippen LogP contribution in [0.15, 0.2) is 78.0 Å². The third-order valence-corrected chi connectivity index (χ3v) is 6.42. The highest BCUT2D eigenvalue weighted by Gasteiger charge is 2.20. The molecule has 1 amide bonds. The van der Waals surface area contributed by atoms with E-state index in [9.17, 15) is 14.0 Å². The van der Waals surface area contributed by atoms with Crippen molar-refractivity contribution in [2.45, 2.75) is 25.6 Å². The summed E-state index contributed by atoms with van der Waals surface area (Å²) in [6.07, 6.45) is 0. The van der Waals surface area contributed by atoms with Gasteiger partial charge in [0.25, 0.3) is 0 Å². The Labute approximate surface area is 217 Å². The van der Waals surface area contributed by atoms with E-state index in [0.29, 0.717) is 39.6 Å². The molecule has 0 fully saturated rings. The van der Waals surface area contributed by atoms with Crippen LogP contribution in [-0.2, 0) is 11.4 Å². The lowest BCUT2D eigenvalue weighted by Gasteiger charge is -2.11. The second-order valence-electron chi connectivity index (χ2n) is 7.97. The SMILES string of the molecule is CC(=O)c1c(C)nc(SCC(=O)Nc2ccc(OCc3ccc(F)cc3)cc2)n1-c1ccc(Cl)cc1. The minimum Gasteiger partial charge on any atom is -0.489 e. The molecule has 184 valence electrons. The number of hydrogen-bond acceptors (Lipinski definition) is 5. The fourth-order valence-corrected chi connectivity index (χ4v) is 4.54. The van der Waals surface area contributed by atoms with Crippen LogP contribution in [-0.4, -0.2) is 27.0 Å². The van der Waals surface area contributed by atoms with Crippen LogP contribution in [0.1, 0.15) is 28.7 Å². The van der Waals surface area contributed by atoms with E-state index in [1.807, 2.05) is 0 Å². The van der Waals surface area contributed by atoms with Crippen molar-refractivity contribution in [2.24, 2.45) is 0 Å². The third kappa shape index (κ3) is 6.33. The molecule has 1 N–H and O–H groups in total. The maximum absolute atomic E-state index is 13.0. The zero-order valence-corrected chi connectivity index (χ0v) is 21.2. The van der Waals surface area contributed by atoms with Gasteiger partial charge in [-0.15, -0.1) is 0 Å². The standard InChI is InChI=1S/C27H23ClFN3O3S/c1-17-26(18(2)33)32(23-11-5-20(28)6-12-23)27(30-17)36-16-25(34)31-22-9-13-24(14-10-22)35-15-19-3-7-21(29)8-4-19/h3-14H,15-16H2,1-2H3,(H,31,34). The second-order valence-corrected chi connectivity index (χ2v) is 9.35. The first-order valence-electron chi connectivity index (χ1n) is 11.1. The normalized spacial score (nSPS) is 10.8. The van der Waals surface area contributed by atoms with E-state index in [0.717, 1.165) is 11.3 Å². The molecule has 3 aromatic carbocycles. The molecule has 0 spiro atoms. The molecule has 0 aliphatic heterocycles. The number of carbonyl (C=O) groups is 2. The van der Waals surface area contributed by atoms with Crippen molar-refractivity contribution < 1.29 is 18.7 Å². The maximum atomic E-state index is 13.0. The van der Waals surface area contributed by atoms with Crippen LogP contribution in [0.3, 0.4) is 0 Å². The number of ketones is 1. The van der Waals surface area contributed by atoms with Gasteiger partial charge in [-0.25, -0.2) is 9.37 Å². The average Bonchev–Trinajstić information content (AvgIpc) is 3.20. The van der Waals surface area contributed by atoms with Gasteiger partial charge in [0.2, 0.25) is 5.91 Å². The summed E-state index contributed by atoms with van der Waals surface area (Å²) >= 11 is 7.26. The van der Waals surface area contributed by atoms with E-state index >= 15 is 0 Å². The van der Waals surface area contributed by atoms with Crippen molar-refractivity contribution in [3.8, 4) is 11.4 Å². The Bertz CT molecular complexity index is 1370. The zero-order valence-electron chi connectivity index (χ0n) is 19.6. The molecule has 0 bridgehead atoms. The first-order chi connectivity index (χ1) is 17.3. The molecule has 4 rings (SSSR count). The summed E-state index contributed by atoms with van der Waals surface area (Å²) in [6.45, 7) is 3.57. The Kier molecular flexibility index (Phi) is 8.07. The highest BCUT2D eigenvalue weighted by Crippen LogP contribution is 2.27. The van der Waals surface area contributed by atoms with Gasteiger partial charge in [-0.2, -0.15) is 0 Å². The highest BCUT2D eigenvalue weighted by atomic mass is 35.5. The number of ether oxygens (including phenoxy) is 1. The van der Waals surface area contributed by atoms with Gasteiger partial charge in [0, 0.05) is 23.3 Å². The Balaban J connectivity index is 1.38. The van der Waals surface area contributed by atoms with Gasteiger partial charge in [-0.3, -0.25) is 14.2 Å². The first-order valence-corrected chi connectivity index (χ1v) is 12.4. The lowest BCUT2D eigenvalue weighted by molar-refractivity contribution is -0.113. The van der Waals surface area contributed by atoms with Gasteiger partial charge in [0.15, 0.2) is 10.9 Å². The molecule has 36 heavy (non-hydrogen) atoms. The van der Waals surface area contributed by atoms with Crippen LogP contribution in [0.5, 0.6) is 5.75 Å². The molecule has 1 heterocycles. The van der Waals surface area contributed by atoms with E-state index in [4.69, 9.17) is 16.3 Å². The number of halogens is 2. The van der Waals surface area contributed by atoms with Crippen LogP contribution >= 0.6 is 23.4 Å². The second kappa shape index (κ2) is 11.4. The van der Waals surface area contributed by atoms with Crippen LogP contribution in [0.25, 0.3) is 5.69 Å². The number of thioether (sulfide) groups is 1. The summed E-state index contributed by atoms with van der Waals surface area (Å²) in [5, 5.41) is 3.98. The summed E-state index contributed by atoms with van der Waals surface area (Å²) < 4.78 is 20.5. The average molecular weight is 524 g/mol. The van der Waals surface area contributed by atoms with Gasteiger partial charge in [-0.05, 0) is 73.2 Å². The van der Waals surface area contributed by atoms with Gasteiger partial charge in [-0.1, -0.05) is 35.5 Å². The minimum atomic E-state index is -0.291. The Morgan fingerprint density at radius 3 is 2.33 bits per heavy atom. The molecule has 4 aromatic rings. The molecule has 0 aliphatic carbocycles. The van der Waals surface area contributed by atoms with Crippen molar-refractivity contribution in [1.29, 1.82) is 0 Å².